The SMILES string of the molecule is COc1cc(CC#N)c(CN)c(C(F)F)n1. The van der Waals surface area contributed by atoms with Gasteiger partial charge in [-0.15, -0.1) is 0 Å². The molecule has 1 aromatic rings. The second-order valence-corrected chi connectivity index (χ2v) is 3.03. The van der Waals surface area contributed by atoms with Gasteiger partial charge in [0.15, 0.2) is 0 Å². The zero-order chi connectivity index (χ0) is 12.1. The van der Waals surface area contributed by atoms with Gasteiger partial charge in [-0.1, -0.05) is 0 Å². The van der Waals surface area contributed by atoms with Gasteiger partial charge in [-0.05, 0) is 11.1 Å². The number of alkyl halides is 2. The van der Waals surface area contributed by atoms with Gasteiger partial charge in [-0.2, -0.15) is 5.26 Å². The van der Waals surface area contributed by atoms with Crippen LogP contribution in [0.4, 0.5) is 8.78 Å². The molecular weight excluding hydrogens is 216 g/mol. The van der Waals surface area contributed by atoms with E-state index in [1.165, 1.54) is 13.2 Å². The van der Waals surface area contributed by atoms with Crippen molar-refractivity contribution >= 4 is 0 Å². The van der Waals surface area contributed by atoms with Gasteiger partial charge in [0.2, 0.25) is 5.88 Å². The van der Waals surface area contributed by atoms with E-state index in [-0.39, 0.29) is 24.4 Å². The van der Waals surface area contributed by atoms with E-state index in [4.69, 9.17) is 15.7 Å². The predicted molar refractivity (Wildman–Crippen MR) is 53.0 cm³/mol. The fourth-order valence-corrected chi connectivity index (χ4v) is 1.38. The van der Waals surface area contributed by atoms with E-state index >= 15 is 0 Å². The molecule has 1 rings (SSSR count). The van der Waals surface area contributed by atoms with Crippen molar-refractivity contribution < 1.29 is 13.5 Å². The highest BCUT2D eigenvalue weighted by molar-refractivity contribution is 5.37. The van der Waals surface area contributed by atoms with Crippen molar-refractivity contribution in [1.82, 2.24) is 4.98 Å². The second kappa shape index (κ2) is 5.37. The van der Waals surface area contributed by atoms with Gasteiger partial charge in [-0.3, -0.25) is 0 Å². The largest absolute Gasteiger partial charge is 0.481 e. The molecule has 16 heavy (non-hydrogen) atoms. The normalized spacial score (nSPS) is 10.2. The summed E-state index contributed by atoms with van der Waals surface area (Å²) in [7, 11) is 1.33. The number of hydrogen-bond acceptors (Lipinski definition) is 4. The van der Waals surface area contributed by atoms with Crippen LogP contribution in [-0.4, -0.2) is 12.1 Å². The number of nitriles is 1. The molecule has 0 saturated carbocycles. The summed E-state index contributed by atoms with van der Waals surface area (Å²) >= 11 is 0. The first-order valence-electron chi connectivity index (χ1n) is 4.55. The molecule has 0 unspecified atom stereocenters. The molecule has 4 nitrogen and oxygen atoms in total. The monoisotopic (exact) mass is 227 g/mol. The van der Waals surface area contributed by atoms with Gasteiger partial charge in [0, 0.05) is 12.6 Å². The Bertz CT molecular complexity index is 415. The number of hydrogen-bond donors (Lipinski definition) is 1. The molecule has 0 amide bonds. The Kier molecular flexibility index (Phi) is 4.14. The Morgan fingerprint density at radius 2 is 2.31 bits per heavy atom. The molecule has 0 spiro atoms. The minimum absolute atomic E-state index is 0.00509. The summed E-state index contributed by atoms with van der Waals surface area (Å²) in [5.74, 6) is 0.0674. The fourth-order valence-electron chi connectivity index (χ4n) is 1.38. The molecule has 0 bridgehead atoms. The molecule has 0 aliphatic rings. The van der Waals surface area contributed by atoms with Crippen molar-refractivity contribution in [1.29, 1.82) is 5.26 Å². The van der Waals surface area contributed by atoms with E-state index in [2.05, 4.69) is 4.98 Å². The van der Waals surface area contributed by atoms with Crippen LogP contribution in [0.25, 0.3) is 0 Å². The number of halogens is 2. The van der Waals surface area contributed by atoms with Crippen LogP contribution in [-0.2, 0) is 13.0 Å². The highest BCUT2D eigenvalue weighted by Gasteiger charge is 2.19. The van der Waals surface area contributed by atoms with Crippen LogP contribution in [0.1, 0.15) is 23.2 Å². The minimum Gasteiger partial charge on any atom is -0.481 e. The Morgan fingerprint density at radius 1 is 1.62 bits per heavy atom. The average molecular weight is 227 g/mol. The third-order valence-corrected chi connectivity index (χ3v) is 2.11. The molecule has 0 aliphatic heterocycles. The fraction of sp³-hybridized carbons (Fsp3) is 0.400. The van der Waals surface area contributed by atoms with E-state index in [1.54, 1.807) is 0 Å². The summed E-state index contributed by atoms with van der Waals surface area (Å²) < 4.78 is 30.2. The molecule has 2 N–H and O–H groups in total. The zero-order valence-corrected chi connectivity index (χ0v) is 8.70. The van der Waals surface area contributed by atoms with Gasteiger partial charge in [-0.25, -0.2) is 13.8 Å². The van der Waals surface area contributed by atoms with Crippen LogP contribution >= 0.6 is 0 Å². The molecule has 1 heterocycles. The second-order valence-electron chi connectivity index (χ2n) is 3.03. The quantitative estimate of drug-likeness (QED) is 0.847. The van der Waals surface area contributed by atoms with Gasteiger partial charge in [0.25, 0.3) is 6.43 Å². The third-order valence-electron chi connectivity index (χ3n) is 2.11. The lowest BCUT2D eigenvalue weighted by Crippen LogP contribution is -2.09. The van der Waals surface area contributed by atoms with Gasteiger partial charge in [0.05, 0.1) is 19.6 Å². The Labute approximate surface area is 91.7 Å². The average Bonchev–Trinajstić information content (AvgIpc) is 2.28. The van der Waals surface area contributed by atoms with E-state index in [0.717, 1.165) is 0 Å². The molecular formula is C10H11F2N3O. The lowest BCUT2D eigenvalue weighted by Gasteiger charge is -2.12. The van der Waals surface area contributed by atoms with Crippen molar-refractivity contribution in [3.8, 4) is 11.9 Å². The van der Waals surface area contributed by atoms with Crippen LogP contribution in [0.3, 0.4) is 0 Å². The molecule has 86 valence electrons. The Morgan fingerprint density at radius 3 is 2.75 bits per heavy atom. The lowest BCUT2D eigenvalue weighted by atomic mass is 10.0. The molecule has 0 saturated heterocycles. The summed E-state index contributed by atoms with van der Waals surface area (Å²) in [6, 6.07) is 3.35. The van der Waals surface area contributed by atoms with Crippen LogP contribution in [0.15, 0.2) is 6.07 Å². The van der Waals surface area contributed by atoms with Crippen LogP contribution in [0.5, 0.6) is 5.88 Å². The number of nitrogens with zero attached hydrogens (tertiary/aromatic N) is 2. The third kappa shape index (κ3) is 2.44. The molecule has 1 aromatic heterocycles. The van der Waals surface area contributed by atoms with E-state index < -0.39 is 12.1 Å². The number of aromatic nitrogens is 1. The first kappa shape index (κ1) is 12.3. The maximum atomic E-state index is 12.7. The topological polar surface area (TPSA) is 71.9 Å². The summed E-state index contributed by atoms with van der Waals surface area (Å²) in [4.78, 5) is 3.64. The van der Waals surface area contributed by atoms with Crippen molar-refractivity contribution in [2.45, 2.75) is 19.4 Å². The first-order chi connectivity index (χ1) is 7.63. The molecule has 0 radical (unpaired) electrons. The number of rotatable bonds is 4. The minimum atomic E-state index is -2.73. The van der Waals surface area contributed by atoms with E-state index in [9.17, 15) is 8.78 Å². The smallest absolute Gasteiger partial charge is 0.280 e. The number of pyridine rings is 1. The Balaban J connectivity index is 3.35. The van der Waals surface area contributed by atoms with E-state index in [1.807, 2.05) is 6.07 Å². The maximum Gasteiger partial charge on any atom is 0.280 e. The summed E-state index contributed by atoms with van der Waals surface area (Å²) in [5, 5.41) is 8.59. The molecule has 0 aromatic carbocycles. The molecule has 0 atom stereocenters. The summed E-state index contributed by atoms with van der Waals surface area (Å²) in [6.45, 7) is -0.0757. The van der Waals surface area contributed by atoms with E-state index in [0.29, 0.717) is 5.56 Å². The van der Waals surface area contributed by atoms with Crippen LogP contribution < -0.4 is 10.5 Å². The van der Waals surface area contributed by atoms with Gasteiger partial charge < -0.3 is 10.5 Å². The van der Waals surface area contributed by atoms with Crippen molar-refractivity contribution in [3.63, 3.8) is 0 Å². The lowest BCUT2D eigenvalue weighted by molar-refractivity contribution is 0.143. The summed E-state index contributed by atoms with van der Waals surface area (Å²) in [5.41, 5.74) is 5.63. The highest BCUT2D eigenvalue weighted by atomic mass is 19.3. The summed E-state index contributed by atoms with van der Waals surface area (Å²) in [6.07, 6.45) is -2.73. The number of ether oxygens (including phenoxy) is 1. The molecule has 6 heteroatoms. The standard InChI is InChI=1S/C10H11F2N3O/c1-16-8-4-6(2-3-13)7(5-14)9(15-8)10(11)12/h4,10H,2,5,14H2,1H3. The van der Waals surface area contributed by atoms with Crippen LogP contribution in [0, 0.1) is 11.3 Å². The van der Waals surface area contributed by atoms with Crippen molar-refractivity contribution in [2.75, 3.05) is 7.11 Å². The van der Waals surface area contributed by atoms with Crippen LogP contribution in [0.2, 0.25) is 0 Å². The van der Waals surface area contributed by atoms with Crippen molar-refractivity contribution in [2.24, 2.45) is 5.73 Å². The molecule has 0 fully saturated rings. The van der Waals surface area contributed by atoms with Gasteiger partial charge in [0.1, 0.15) is 5.69 Å². The first-order valence-corrected chi connectivity index (χ1v) is 4.55. The van der Waals surface area contributed by atoms with Crippen molar-refractivity contribution in [3.05, 3.63) is 22.9 Å². The number of methoxy groups -OCH3 is 1. The zero-order valence-electron chi connectivity index (χ0n) is 8.70. The highest BCUT2D eigenvalue weighted by Crippen LogP contribution is 2.27. The maximum absolute atomic E-state index is 12.7. The molecule has 0 aliphatic carbocycles. The number of nitrogens with two attached hydrogens (primary N) is 1. The Hall–Kier alpha value is -1.74. The van der Waals surface area contributed by atoms with Gasteiger partial charge >= 0.3 is 0 Å². The predicted octanol–water partition coefficient (Wildman–Crippen LogP) is 1.55.